The lowest BCUT2D eigenvalue weighted by Gasteiger charge is -2.20. The Balaban J connectivity index is 2.88. The van der Waals surface area contributed by atoms with Crippen molar-refractivity contribution in [2.24, 2.45) is 0 Å². The molecule has 1 nitrogen and oxygen atoms in total. The lowest BCUT2D eigenvalue weighted by molar-refractivity contribution is 0.627. The third-order valence-corrected chi connectivity index (χ3v) is 2.08. The molecular formula is C11H14FN. The molecular weight excluding hydrogens is 165 g/mol. The van der Waals surface area contributed by atoms with Crippen LogP contribution in [-0.4, -0.2) is 7.05 Å². The monoisotopic (exact) mass is 179 g/mol. The van der Waals surface area contributed by atoms with Crippen LogP contribution in [0.1, 0.15) is 13.3 Å². The fourth-order valence-electron chi connectivity index (χ4n) is 1.10. The van der Waals surface area contributed by atoms with Gasteiger partial charge in [-0.05, 0) is 24.6 Å². The van der Waals surface area contributed by atoms with Crippen molar-refractivity contribution in [2.75, 3.05) is 11.9 Å². The number of nitrogens with zero attached hydrogens (tertiary/aromatic N) is 1. The van der Waals surface area contributed by atoms with Crippen molar-refractivity contribution in [3.8, 4) is 0 Å². The van der Waals surface area contributed by atoms with Crippen LogP contribution in [0.15, 0.2) is 36.5 Å². The highest BCUT2D eigenvalue weighted by molar-refractivity contribution is 5.50. The molecule has 0 unspecified atom stereocenters. The van der Waals surface area contributed by atoms with Crippen molar-refractivity contribution in [1.29, 1.82) is 0 Å². The standard InChI is InChI=1S/C11H14FN/c1-4-9(2)13(3)11-7-5-6-10(12)8-11/h5-8H,2,4H2,1,3H3. The molecule has 0 aliphatic rings. The fourth-order valence-corrected chi connectivity index (χ4v) is 1.10. The van der Waals surface area contributed by atoms with Gasteiger partial charge in [0.15, 0.2) is 0 Å². The molecule has 0 saturated carbocycles. The van der Waals surface area contributed by atoms with Gasteiger partial charge in [0.1, 0.15) is 5.82 Å². The number of benzene rings is 1. The zero-order valence-electron chi connectivity index (χ0n) is 8.05. The van der Waals surface area contributed by atoms with E-state index in [-0.39, 0.29) is 5.82 Å². The predicted molar refractivity (Wildman–Crippen MR) is 54.2 cm³/mol. The highest BCUT2D eigenvalue weighted by Gasteiger charge is 2.03. The van der Waals surface area contributed by atoms with E-state index in [1.807, 2.05) is 24.9 Å². The Hall–Kier alpha value is -1.31. The zero-order valence-corrected chi connectivity index (χ0v) is 8.05. The van der Waals surface area contributed by atoms with Crippen LogP contribution in [0.3, 0.4) is 0 Å². The summed E-state index contributed by atoms with van der Waals surface area (Å²) in [6, 6.07) is 6.50. The summed E-state index contributed by atoms with van der Waals surface area (Å²) in [7, 11) is 1.89. The summed E-state index contributed by atoms with van der Waals surface area (Å²) in [4.78, 5) is 1.89. The van der Waals surface area contributed by atoms with Crippen molar-refractivity contribution in [2.45, 2.75) is 13.3 Å². The SMILES string of the molecule is C=C(CC)N(C)c1cccc(F)c1. The first-order chi connectivity index (χ1) is 6.15. The molecule has 0 N–H and O–H groups in total. The van der Waals surface area contributed by atoms with Crippen LogP contribution in [0, 0.1) is 5.82 Å². The number of hydrogen-bond donors (Lipinski definition) is 0. The number of hydrogen-bond acceptors (Lipinski definition) is 1. The Bertz CT molecular complexity index is 307. The first-order valence-electron chi connectivity index (χ1n) is 4.32. The molecule has 0 amide bonds. The lowest BCUT2D eigenvalue weighted by Crippen LogP contribution is -2.14. The maximum Gasteiger partial charge on any atom is 0.125 e. The summed E-state index contributed by atoms with van der Waals surface area (Å²) >= 11 is 0. The van der Waals surface area contributed by atoms with Crippen molar-refractivity contribution in [1.82, 2.24) is 0 Å². The maximum atomic E-state index is 12.8. The minimum absolute atomic E-state index is 0.215. The van der Waals surface area contributed by atoms with Gasteiger partial charge in [-0.3, -0.25) is 0 Å². The number of anilines is 1. The second-order valence-corrected chi connectivity index (χ2v) is 2.96. The van der Waals surface area contributed by atoms with E-state index in [9.17, 15) is 4.39 Å². The Morgan fingerprint density at radius 1 is 1.54 bits per heavy atom. The van der Waals surface area contributed by atoms with E-state index in [0.717, 1.165) is 17.8 Å². The minimum Gasteiger partial charge on any atom is -0.349 e. The summed E-state index contributed by atoms with van der Waals surface area (Å²) in [5.41, 5.74) is 1.82. The molecule has 0 aliphatic carbocycles. The molecule has 13 heavy (non-hydrogen) atoms. The van der Waals surface area contributed by atoms with Gasteiger partial charge in [0.05, 0.1) is 0 Å². The predicted octanol–water partition coefficient (Wildman–Crippen LogP) is 3.19. The van der Waals surface area contributed by atoms with E-state index in [4.69, 9.17) is 0 Å². The van der Waals surface area contributed by atoms with Crippen LogP contribution in [0.2, 0.25) is 0 Å². The van der Waals surface area contributed by atoms with E-state index in [2.05, 4.69) is 6.58 Å². The van der Waals surface area contributed by atoms with Gasteiger partial charge in [0, 0.05) is 18.4 Å². The Morgan fingerprint density at radius 3 is 2.77 bits per heavy atom. The van der Waals surface area contributed by atoms with E-state index in [1.54, 1.807) is 6.07 Å². The first-order valence-corrected chi connectivity index (χ1v) is 4.32. The van der Waals surface area contributed by atoms with E-state index in [0.29, 0.717) is 0 Å². The van der Waals surface area contributed by atoms with Crippen LogP contribution in [0.25, 0.3) is 0 Å². The third kappa shape index (κ3) is 2.31. The summed E-state index contributed by atoms with van der Waals surface area (Å²) < 4.78 is 12.8. The average molecular weight is 179 g/mol. The highest BCUT2D eigenvalue weighted by Crippen LogP contribution is 2.18. The van der Waals surface area contributed by atoms with Crippen molar-refractivity contribution in [3.05, 3.63) is 42.4 Å². The third-order valence-electron chi connectivity index (χ3n) is 2.08. The molecule has 0 atom stereocenters. The molecule has 0 aromatic heterocycles. The lowest BCUT2D eigenvalue weighted by atomic mass is 10.2. The van der Waals surface area contributed by atoms with Crippen LogP contribution >= 0.6 is 0 Å². The van der Waals surface area contributed by atoms with Crippen LogP contribution < -0.4 is 4.90 Å². The molecule has 0 spiro atoms. The van der Waals surface area contributed by atoms with E-state index >= 15 is 0 Å². The van der Waals surface area contributed by atoms with Crippen LogP contribution in [0.5, 0.6) is 0 Å². The molecule has 0 fully saturated rings. The summed E-state index contributed by atoms with van der Waals surface area (Å²) in [5.74, 6) is -0.215. The van der Waals surface area contributed by atoms with Crippen LogP contribution in [0.4, 0.5) is 10.1 Å². The zero-order chi connectivity index (χ0) is 9.84. The quantitative estimate of drug-likeness (QED) is 0.688. The second-order valence-electron chi connectivity index (χ2n) is 2.96. The summed E-state index contributed by atoms with van der Waals surface area (Å²) in [5, 5.41) is 0. The van der Waals surface area contributed by atoms with Gasteiger partial charge in [0.25, 0.3) is 0 Å². The molecule has 0 radical (unpaired) electrons. The molecule has 0 heterocycles. The van der Waals surface area contributed by atoms with Gasteiger partial charge >= 0.3 is 0 Å². The molecule has 0 bridgehead atoms. The molecule has 2 heteroatoms. The van der Waals surface area contributed by atoms with Crippen molar-refractivity contribution >= 4 is 5.69 Å². The van der Waals surface area contributed by atoms with Gasteiger partial charge in [-0.15, -0.1) is 0 Å². The van der Waals surface area contributed by atoms with Gasteiger partial charge in [0.2, 0.25) is 0 Å². The number of rotatable bonds is 3. The van der Waals surface area contributed by atoms with Gasteiger partial charge < -0.3 is 4.90 Å². The molecule has 1 aromatic carbocycles. The van der Waals surface area contributed by atoms with Gasteiger partial charge in [-0.1, -0.05) is 19.6 Å². The van der Waals surface area contributed by atoms with Gasteiger partial charge in [-0.2, -0.15) is 0 Å². The Labute approximate surface area is 78.5 Å². The topological polar surface area (TPSA) is 3.24 Å². The summed E-state index contributed by atoms with van der Waals surface area (Å²) in [6.45, 7) is 5.91. The van der Waals surface area contributed by atoms with E-state index in [1.165, 1.54) is 12.1 Å². The highest BCUT2D eigenvalue weighted by atomic mass is 19.1. The molecule has 0 saturated heterocycles. The fraction of sp³-hybridized carbons (Fsp3) is 0.273. The van der Waals surface area contributed by atoms with E-state index < -0.39 is 0 Å². The minimum atomic E-state index is -0.215. The molecule has 1 aromatic rings. The Morgan fingerprint density at radius 2 is 2.23 bits per heavy atom. The first kappa shape index (κ1) is 9.78. The molecule has 1 rings (SSSR count). The second kappa shape index (κ2) is 4.08. The van der Waals surface area contributed by atoms with Crippen LogP contribution in [-0.2, 0) is 0 Å². The van der Waals surface area contributed by atoms with Gasteiger partial charge in [-0.25, -0.2) is 4.39 Å². The average Bonchev–Trinajstić information content (AvgIpc) is 2.15. The smallest absolute Gasteiger partial charge is 0.125 e. The van der Waals surface area contributed by atoms with Crippen molar-refractivity contribution < 1.29 is 4.39 Å². The van der Waals surface area contributed by atoms with Crippen molar-refractivity contribution in [3.63, 3.8) is 0 Å². The Kier molecular flexibility index (Phi) is 3.07. The number of allylic oxidation sites excluding steroid dienone is 1. The molecule has 70 valence electrons. The molecule has 0 aliphatic heterocycles. The summed E-state index contributed by atoms with van der Waals surface area (Å²) in [6.07, 6.45) is 0.868. The number of halogens is 1. The maximum absolute atomic E-state index is 12.8. The largest absolute Gasteiger partial charge is 0.349 e. The normalized spacial score (nSPS) is 9.77.